The minimum absolute atomic E-state index is 0.0762. The number of hydrogen-bond donors (Lipinski definition) is 2. The van der Waals surface area contributed by atoms with Gasteiger partial charge in [0.05, 0.1) is 0 Å². The van der Waals surface area contributed by atoms with Crippen molar-refractivity contribution in [2.45, 2.75) is 19.0 Å². The van der Waals surface area contributed by atoms with Crippen molar-refractivity contribution in [1.29, 1.82) is 0 Å². The van der Waals surface area contributed by atoms with E-state index in [9.17, 15) is 9.18 Å². The zero-order valence-corrected chi connectivity index (χ0v) is 6.22. The summed E-state index contributed by atoms with van der Waals surface area (Å²) in [6, 6.07) is 0. The highest BCUT2D eigenvalue weighted by Gasteiger charge is 2.26. The number of aliphatic carboxylic acids is 1. The standard InChI is InChI=1S/C7H12FNO2/c8-6-4-9-3-5(6)1-2-7(10)11/h5-6,9H,1-4H2,(H,10,11)/t5-,6+/m0/s1. The van der Waals surface area contributed by atoms with Gasteiger partial charge in [0.2, 0.25) is 0 Å². The predicted octanol–water partition coefficient (Wildman–Crippen LogP) is 0.409. The zero-order valence-electron chi connectivity index (χ0n) is 6.22. The first-order valence-corrected chi connectivity index (χ1v) is 3.76. The van der Waals surface area contributed by atoms with Crippen LogP contribution in [-0.2, 0) is 4.79 Å². The van der Waals surface area contributed by atoms with Gasteiger partial charge in [-0.1, -0.05) is 0 Å². The summed E-state index contributed by atoms with van der Waals surface area (Å²) in [6.07, 6.45) is -0.328. The van der Waals surface area contributed by atoms with E-state index in [2.05, 4.69) is 5.32 Å². The van der Waals surface area contributed by atoms with E-state index in [0.717, 1.165) is 0 Å². The number of carboxylic acids is 1. The largest absolute Gasteiger partial charge is 0.481 e. The molecular weight excluding hydrogens is 149 g/mol. The Balaban J connectivity index is 2.20. The molecule has 64 valence electrons. The maximum Gasteiger partial charge on any atom is 0.303 e. The lowest BCUT2D eigenvalue weighted by Crippen LogP contribution is -2.14. The number of carboxylic acid groups (broad SMARTS) is 1. The maximum absolute atomic E-state index is 12.8. The van der Waals surface area contributed by atoms with Crippen LogP contribution in [0.4, 0.5) is 4.39 Å². The number of rotatable bonds is 3. The average molecular weight is 161 g/mol. The summed E-state index contributed by atoms with van der Waals surface area (Å²) in [5.74, 6) is -0.935. The van der Waals surface area contributed by atoms with Gasteiger partial charge in [-0.3, -0.25) is 4.79 Å². The lowest BCUT2D eigenvalue weighted by molar-refractivity contribution is -0.137. The highest BCUT2D eigenvalue weighted by atomic mass is 19.1. The molecule has 1 saturated heterocycles. The van der Waals surface area contributed by atoms with Crippen LogP contribution in [0.3, 0.4) is 0 Å². The van der Waals surface area contributed by atoms with Crippen LogP contribution in [0.5, 0.6) is 0 Å². The van der Waals surface area contributed by atoms with E-state index < -0.39 is 12.1 Å². The minimum atomic E-state index is -0.852. The first-order chi connectivity index (χ1) is 5.20. The highest BCUT2D eigenvalue weighted by Crippen LogP contribution is 2.17. The fourth-order valence-electron chi connectivity index (χ4n) is 1.29. The first kappa shape index (κ1) is 8.46. The van der Waals surface area contributed by atoms with Gasteiger partial charge in [-0.2, -0.15) is 0 Å². The smallest absolute Gasteiger partial charge is 0.303 e. The monoisotopic (exact) mass is 161 g/mol. The normalized spacial score (nSPS) is 30.6. The second-order valence-electron chi connectivity index (χ2n) is 2.87. The molecule has 2 atom stereocenters. The fourth-order valence-corrected chi connectivity index (χ4v) is 1.29. The molecule has 11 heavy (non-hydrogen) atoms. The highest BCUT2D eigenvalue weighted by molar-refractivity contribution is 5.66. The summed E-state index contributed by atoms with van der Waals surface area (Å²) < 4.78 is 12.8. The van der Waals surface area contributed by atoms with Crippen LogP contribution in [-0.4, -0.2) is 30.3 Å². The number of nitrogens with one attached hydrogen (secondary N) is 1. The van der Waals surface area contributed by atoms with Crippen LogP contribution in [0.2, 0.25) is 0 Å². The summed E-state index contributed by atoms with van der Waals surface area (Å²) in [7, 11) is 0. The Hall–Kier alpha value is -0.640. The van der Waals surface area contributed by atoms with E-state index in [4.69, 9.17) is 5.11 Å². The fraction of sp³-hybridized carbons (Fsp3) is 0.857. The van der Waals surface area contributed by atoms with Crippen molar-refractivity contribution in [1.82, 2.24) is 5.32 Å². The molecule has 0 aromatic heterocycles. The Morgan fingerprint density at radius 2 is 2.36 bits per heavy atom. The molecule has 0 spiro atoms. The summed E-state index contributed by atoms with van der Waals surface area (Å²) in [4.78, 5) is 10.1. The Bertz CT molecular complexity index is 151. The molecule has 0 radical (unpaired) electrons. The molecule has 3 nitrogen and oxygen atoms in total. The van der Waals surface area contributed by atoms with Gasteiger partial charge >= 0.3 is 5.97 Å². The van der Waals surface area contributed by atoms with Gasteiger partial charge in [0.1, 0.15) is 6.17 Å². The summed E-state index contributed by atoms with van der Waals surface area (Å²) >= 11 is 0. The van der Waals surface area contributed by atoms with Gasteiger partial charge in [0.25, 0.3) is 0 Å². The van der Waals surface area contributed by atoms with Crippen molar-refractivity contribution in [2.75, 3.05) is 13.1 Å². The topological polar surface area (TPSA) is 49.3 Å². The minimum Gasteiger partial charge on any atom is -0.481 e. The van der Waals surface area contributed by atoms with E-state index in [1.807, 2.05) is 0 Å². The third-order valence-corrected chi connectivity index (χ3v) is 1.99. The lowest BCUT2D eigenvalue weighted by atomic mass is 10.0. The number of carbonyl (C=O) groups is 1. The molecule has 1 fully saturated rings. The molecule has 1 heterocycles. The molecule has 0 unspecified atom stereocenters. The first-order valence-electron chi connectivity index (χ1n) is 3.76. The van der Waals surface area contributed by atoms with Gasteiger partial charge in [-0.15, -0.1) is 0 Å². The number of alkyl halides is 1. The summed E-state index contributed by atoms with van der Waals surface area (Å²) in [5.41, 5.74) is 0. The van der Waals surface area contributed by atoms with E-state index in [1.54, 1.807) is 0 Å². The van der Waals surface area contributed by atoms with E-state index in [1.165, 1.54) is 0 Å². The van der Waals surface area contributed by atoms with Crippen molar-refractivity contribution in [2.24, 2.45) is 5.92 Å². The molecule has 0 amide bonds. The molecule has 0 aromatic rings. The van der Waals surface area contributed by atoms with Crippen molar-refractivity contribution in [3.05, 3.63) is 0 Å². The summed E-state index contributed by atoms with van der Waals surface area (Å²) in [5, 5.41) is 11.2. The van der Waals surface area contributed by atoms with E-state index in [0.29, 0.717) is 19.5 Å². The van der Waals surface area contributed by atoms with Crippen LogP contribution < -0.4 is 5.32 Å². The van der Waals surface area contributed by atoms with Gasteiger partial charge in [-0.25, -0.2) is 4.39 Å². The van der Waals surface area contributed by atoms with Crippen LogP contribution in [0.25, 0.3) is 0 Å². The van der Waals surface area contributed by atoms with Crippen molar-refractivity contribution in [3.63, 3.8) is 0 Å². The van der Waals surface area contributed by atoms with Gasteiger partial charge in [0.15, 0.2) is 0 Å². The molecule has 1 aliphatic rings. The molecule has 0 bridgehead atoms. The average Bonchev–Trinajstić information content (AvgIpc) is 2.31. The summed E-state index contributed by atoms with van der Waals surface area (Å²) in [6.45, 7) is 0.999. The molecular formula is C7H12FNO2. The predicted molar refractivity (Wildman–Crippen MR) is 38.1 cm³/mol. The molecule has 0 aliphatic carbocycles. The molecule has 0 aromatic carbocycles. The van der Waals surface area contributed by atoms with Crippen molar-refractivity contribution in [3.8, 4) is 0 Å². The molecule has 1 rings (SSSR count). The Morgan fingerprint density at radius 3 is 2.82 bits per heavy atom. The molecule has 4 heteroatoms. The second kappa shape index (κ2) is 3.67. The van der Waals surface area contributed by atoms with Crippen LogP contribution >= 0.6 is 0 Å². The van der Waals surface area contributed by atoms with Crippen LogP contribution in [0.1, 0.15) is 12.8 Å². The van der Waals surface area contributed by atoms with Crippen molar-refractivity contribution >= 4 is 5.97 Å². The third kappa shape index (κ3) is 2.46. The lowest BCUT2D eigenvalue weighted by Gasteiger charge is -2.08. The second-order valence-corrected chi connectivity index (χ2v) is 2.87. The number of halogens is 1. The SMILES string of the molecule is O=C(O)CC[C@H]1CNC[C@H]1F. The molecule has 1 aliphatic heterocycles. The molecule has 2 N–H and O–H groups in total. The number of hydrogen-bond acceptors (Lipinski definition) is 2. The third-order valence-electron chi connectivity index (χ3n) is 1.99. The van der Waals surface area contributed by atoms with E-state index in [-0.39, 0.29) is 12.3 Å². The molecule has 0 saturated carbocycles. The van der Waals surface area contributed by atoms with E-state index >= 15 is 0 Å². The van der Waals surface area contributed by atoms with Gasteiger partial charge in [0, 0.05) is 25.4 Å². The quantitative estimate of drug-likeness (QED) is 0.630. The van der Waals surface area contributed by atoms with Crippen LogP contribution in [0.15, 0.2) is 0 Å². The Kier molecular flexibility index (Phi) is 2.82. The van der Waals surface area contributed by atoms with Crippen LogP contribution in [0, 0.1) is 5.92 Å². The van der Waals surface area contributed by atoms with Gasteiger partial charge < -0.3 is 10.4 Å². The Morgan fingerprint density at radius 1 is 1.64 bits per heavy atom. The zero-order chi connectivity index (χ0) is 8.27. The van der Waals surface area contributed by atoms with Gasteiger partial charge in [-0.05, 0) is 6.42 Å². The Labute approximate surface area is 64.6 Å². The van der Waals surface area contributed by atoms with Crippen molar-refractivity contribution < 1.29 is 14.3 Å². The maximum atomic E-state index is 12.8.